The highest BCUT2D eigenvalue weighted by Crippen LogP contribution is 2.30. The predicted octanol–water partition coefficient (Wildman–Crippen LogP) is -0.902. The molecule has 19 heavy (non-hydrogen) atoms. The highest BCUT2D eigenvalue weighted by atomic mass is 16.6. The largest absolute Gasteiger partial charge is 0.388 e. The Morgan fingerprint density at radius 2 is 2.42 bits per heavy atom. The van der Waals surface area contributed by atoms with Crippen molar-refractivity contribution in [2.75, 3.05) is 19.5 Å². The van der Waals surface area contributed by atoms with E-state index in [0.717, 1.165) is 0 Å². The molecule has 0 aliphatic carbocycles. The zero-order valence-electron chi connectivity index (χ0n) is 10.3. The van der Waals surface area contributed by atoms with Crippen LogP contribution < -0.4 is 5.73 Å². The minimum absolute atomic E-state index is 0.177. The number of aromatic nitrogens is 5. The summed E-state index contributed by atoms with van der Waals surface area (Å²) in [6.45, 7) is 0.414. The van der Waals surface area contributed by atoms with Crippen molar-refractivity contribution in [2.45, 2.75) is 24.9 Å². The van der Waals surface area contributed by atoms with Crippen LogP contribution in [0.4, 0.5) is 5.82 Å². The average molecular weight is 266 g/mol. The molecule has 0 amide bonds. The summed E-state index contributed by atoms with van der Waals surface area (Å²) in [4.78, 5) is 7.91. The van der Waals surface area contributed by atoms with Crippen LogP contribution in [0.2, 0.25) is 0 Å². The number of aliphatic hydroxyl groups is 1. The molecule has 0 radical (unpaired) electrons. The summed E-state index contributed by atoms with van der Waals surface area (Å²) in [5.74, 6) is 0.247. The molecule has 9 nitrogen and oxygen atoms in total. The van der Waals surface area contributed by atoms with Crippen LogP contribution >= 0.6 is 0 Å². The minimum atomic E-state index is -0.693. The number of methoxy groups -OCH3 is 1. The number of hydrogen-bond acceptors (Lipinski definition) is 8. The van der Waals surface area contributed by atoms with Crippen molar-refractivity contribution >= 4 is 17.0 Å². The van der Waals surface area contributed by atoms with E-state index in [-0.39, 0.29) is 11.9 Å². The number of ether oxygens (including phenoxy) is 2. The zero-order valence-corrected chi connectivity index (χ0v) is 10.3. The van der Waals surface area contributed by atoms with E-state index >= 15 is 0 Å². The summed E-state index contributed by atoms with van der Waals surface area (Å²) < 4.78 is 12.1. The Hall–Kier alpha value is -1.84. The number of fused-ring (bicyclic) bond motifs is 1. The van der Waals surface area contributed by atoms with Gasteiger partial charge in [-0.2, -0.15) is 4.68 Å². The Morgan fingerprint density at radius 3 is 3.21 bits per heavy atom. The topological polar surface area (TPSA) is 121 Å². The highest BCUT2D eigenvalue weighted by molar-refractivity contribution is 5.80. The Kier molecular flexibility index (Phi) is 3.01. The number of nitrogen functional groups attached to an aromatic ring is 1. The molecule has 9 heteroatoms. The maximum atomic E-state index is 10.0. The summed E-state index contributed by atoms with van der Waals surface area (Å²) in [6, 6.07) is 0. The third-order valence-electron chi connectivity index (χ3n) is 3.05. The fourth-order valence-corrected chi connectivity index (χ4v) is 2.20. The second kappa shape index (κ2) is 4.68. The molecule has 1 unspecified atom stereocenters. The first-order valence-corrected chi connectivity index (χ1v) is 5.84. The van der Waals surface area contributed by atoms with Crippen LogP contribution in [0.15, 0.2) is 6.33 Å². The van der Waals surface area contributed by atoms with Crippen molar-refractivity contribution in [1.82, 2.24) is 25.0 Å². The minimum Gasteiger partial charge on any atom is -0.388 e. The van der Waals surface area contributed by atoms with E-state index in [0.29, 0.717) is 24.2 Å². The van der Waals surface area contributed by atoms with Gasteiger partial charge in [0.1, 0.15) is 12.4 Å². The Balaban J connectivity index is 1.94. The lowest BCUT2D eigenvalue weighted by Gasteiger charge is -2.14. The van der Waals surface area contributed by atoms with E-state index in [2.05, 4.69) is 20.3 Å². The second-order valence-electron chi connectivity index (χ2n) is 4.37. The van der Waals surface area contributed by atoms with E-state index in [1.54, 1.807) is 7.11 Å². The van der Waals surface area contributed by atoms with Crippen LogP contribution in [0.3, 0.4) is 0 Å². The van der Waals surface area contributed by atoms with Crippen LogP contribution in [0.5, 0.6) is 0 Å². The van der Waals surface area contributed by atoms with Gasteiger partial charge in [0.25, 0.3) is 0 Å². The van der Waals surface area contributed by atoms with Gasteiger partial charge in [0.2, 0.25) is 0 Å². The van der Waals surface area contributed by atoms with Crippen LogP contribution in [0.25, 0.3) is 11.2 Å². The maximum absolute atomic E-state index is 10.0. The standard InChI is InChI=1S/C10H14N6O3/c1-18-3-5-2-6(17)10(19-5)16-9-7(14-15-16)8(11)12-4-13-9/h4-6,10,17H,2-3H2,1H3,(H2,11,12,13)/t5?,6-,10-/m1/s1. The van der Waals surface area contributed by atoms with Crippen LogP contribution in [-0.2, 0) is 9.47 Å². The van der Waals surface area contributed by atoms with Gasteiger partial charge in [0.05, 0.1) is 12.7 Å². The summed E-state index contributed by atoms with van der Waals surface area (Å²) in [7, 11) is 1.59. The van der Waals surface area contributed by atoms with Gasteiger partial charge in [0, 0.05) is 13.5 Å². The number of nitrogens with zero attached hydrogens (tertiary/aromatic N) is 5. The average Bonchev–Trinajstić information content (AvgIpc) is 2.94. The molecular formula is C10H14N6O3. The van der Waals surface area contributed by atoms with Crippen LogP contribution in [-0.4, -0.2) is 56.0 Å². The number of anilines is 1. The summed E-state index contributed by atoms with van der Waals surface area (Å²) in [5, 5.41) is 17.9. The van der Waals surface area contributed by atoms with E-state index in [1.807, 2.05) is 0 Å². The molecule has 0 spiro atoms. The van der Waals surface area contributed by atoms with Gasteiger partial charge >= 0.3 is 0 Å². The number of hydrogen-bond donors (Lipinski definition) is 2. The molecule has 0 aromatic carbocycles. The molecule has 1 aliphatic heterocycles. The normalized spacial score (nSPS) is 27.2. The van der Waals surface area contributed by atoms with Crippen LogP contribution in [0.1, 0.15) is 12.6 Å². The van der Waals surface area contributed by atoms with Crippen LogP contribution in [0, 0.1) is 0 Å². The summed E-state index contributed by atoms with van der Waals surface area (Å²) >= 11 is 0. The Labute approximate surface area is 108 Å². The molecule has 0 saturated carbocycles. The first kappa shape index (κ1) is 12.2. The van der Waals surface area contributed by atoms with E-state index in [4.69, 9.17) is 15.2 Å². The number of rotatable bonds is 3. The molecule has 3 heterocycles. The van der Waals surface area contributed by atoms with Gasteiger partial charge in [-0.25, -0.2) is 9.97 Å². The van der Waals surface area contributed by atoms with Crippen molar-refractivity contribution in [3.8, 4) is 0 Å². The lowest BCUT2D eigenvalue weighted by atomic mass is 10.2. The first-order chi connectivity index (χ1) is 9.20. The Bertz CT molecular complexity index is 588. The fraction of sp³-hybridized carbons (Fsp3) is 0.600. The van der Waals surface area contributed by atoms with Gasteiger partial charge in [0.15, 0.2) is 23.2 Å². The fourth-order valence-electron chi connectivity index (χ4n) is 2.20. The van der Waals surface area contributed by atoms with Crippen molar-refractivity contribution in [2.24, 2.45) is 0 Å². The third kappa shape index (κ3) is 2.01. The maximum Gasteiger partial charge on any atom is 0.186 e. The molecule has 1 aliphatic rings. The zero-order chi connectivity index (χ0) is 13.4. The number of nitrogens with two attached hydrogens (primary N) is 1. The van der Waals surface area contributed by atoms with Crippen molar-refractivity contribution < 1.29 is 14.6 Å². The smallest absolute Gasteiger partial charge is 0.186 e. The molecule has 3 rings (SSSR count). The highest BCUT2D eigenvalue weighted by Gasteiger charge is 2.37. The third-order valence-corrected chi connectivity index (χ3v) is 3.05. The van der Waals surface area contributed by atoms with Gasteiger partial charge in [-0.15, -0.1) is 5.10 Å². The molecule has 0 bridgehead atoms. The predicted molar refractivity (Wildman–Crippen MR) is 63.9 cm³/mol. The lowest BCUT2D eigenvalue weighted by molar-refractivity contribution is -0.0607. The van der Waals surface area contributed by atoms with Gasteiger partial charge in [-0.1, -0.05) is 5.21 Å². The van der Waals surface area contributed by atoms with Gasteiger partial charge < -0.3 is 20.3 Å². The molecule has 1 saturated heterocycles. The van der Waals surface area contributed by atoms with E-state index in [9.17, 15) is 5.11 Å². The van der Waals surface area contributed by atoms with Crippen molar-refractivity contribution in [1.29, 1.82) is 0 Å². The molecule has 3 atom stereocenters. The monoisotopic (exact) mass is 266 g/mol. The molecule has 2 aromatic rings. The first-order valence-electron chi connectivity index (χ1n) is 5.84. The Morgan fingerprint density at radius 1 is 1.58 bits per heavy atom. The second-order valence-corrected chi connectivity index (χ2v) is 4.37. The van der Waals surface area contributed by atoms with E-state index in [1.165, 1.54) is 11.0 Å². The number of aliphatic hydroxyl groups excluding tert-OH is 1. The molecule has 1 fully saturated rings. The van der Waals surface area contributed by atoms with Gasteiger partial charge in [-0.05, 0) is 0 Å². The summed E-state index contributed by atoms with van der Waals surface area (Å²) in [6.07, 6.45) is 0.287. The van der Waals surface area contributed by atoms with E-state index < -0.39 is 12.3 Å². The van der Waals surface area contributed by atoms with Crippen molar-refractivity contribution in [3.05, 3.63) is 6.33 Å². The molecule has 2 aromatic heterocycles. The molecule has 102 valence electrons. The lowest BCUT2D eigenvalue weighted by Crippen LogP contribution is -2.21. The molecule has 3 N–H and O–H groups in total. The molecular weight excluding hydrogens is 252 g/mol. The quantitative estimate of drug-likeness (QED) is 0.733. The SMILES string of the molecule is COCC1C[C@@H](O)[C@H](n2nnc3c(N)ncnc32)O1. The van der Waals surface area contributed by atoms with Gasteiger partial charge in [-0.3, -0.25) is 0 Å². The van der Waals surface area contributed by atoms with Crippen molar-refractivity contribution in [3.63, 3.8) is 0 Å². The summed E-state index contributed by atoms with van der Waals surface area (Å²) in [5.41, 5.74) is 6.52.